The molecule has 1 saturated heterocycles. The Kier molecular flexibility index (Phi) is 8.36. The fourth-order valence-corrected chi connectivity index (χ4v) is 5.33. The first-order valence-electron chi connectivity index (χ1n) is 12.2. The molecule has 0 aromatic heterocycles. The van der Waals surface area contributed by atoms with Crippen LogP contribution in [0.25, 0.3) is 0 Å². The van der Waals surface area contributed by atoms with Crippen molar-refractivity contribution < 1.29 is 28.2 Å². The Morgan fingerprint density at radius 3 is 2.49 bits per heavy atom. The van der Waals surface area contributed by atoms with Crippen molar-refractivity contribution >= 4 is 5.91 Å². The highest BCUT2D eigenvalue weighted by molar-refractivity contribution is 5.77. The number of nitrogens with zero attached hydrogens (tertiary/aromatic N) is 2. The van der Waals surface area contributed by atoms with Gasteiger partial charge in [-0.05, 0) is 49.3 Å². The van der Waals surface area contributed by atoms with Crippen LogP contribution in [0.4, 0.5) is 8.78 Å². The molecule has 2 aromatic rings. The third-order valence-corrected chi connectivity index (χ3v) is 7.16. The van der Waals surface area contributed by atoms with Gasteiger partial charge in [-0.15, -0.1) is 0 Å². The maximum atomic E-state index is 14.1. The summed E-state index contributed by atoms with van der Waals surface area (Å²) in [5, 5.41) is 11.6. The molecule has 1 atom stereocenters. The lowest BCUT2D eigenvalue weighted by molar-refractivity contribution is -0.138. The van der Waals surface area contributed by atoms with Gasteiger partial charge in [-0.2, -0.15) is 4.39 Å². The van der Waals surface area contributed by atoms with E-state index in [0.717, 1.165) is 31.7 Å². The largest absolute Gasteiger partial charge is 0.487 e. The summed E-state index contributed by atoms with van der Waals surface area (Å²) >= 11 is 0. The van der Waals surface area contributed by atoms with Crippen molar-refractivity contribution in [2.24, 2.45) is 0 Å². The summed E-state index contributed by atoms with van der Waals surface area (Å²) in [6, 6.07) is 14.5. The first-order valence-corrected chi connectivity index (χ1v) is 12.2. The maximum Gasteiger partial charge on any atom is 0.248 e. The van der Waals surface area contributed by atoms with Crippen molar-refractivity contribution in [3.63, 3.8) is 0 Å². The number of ether oxygens (including phenoxy) is 2. The van der Waals surface area contributed by atoms with E-state index in [0.29, 0.717) is 19.0 Å². The van der Waals surface area contributed by atoms with E-state index >= 15 is 0 Å². The van der Waals surface area contributed by atoms with Crippen LogP contribution >= 0.6 is 0 Å². The Labute approximate surface area is 205 Å². The van der Waals surface area contributed by atoms with Crippen molar-refractivity contribution in [2.75, 3.05) is 46.5 Å². The number of halogens is 2. The van der Waals surface area contributed by atoms with E-state index in [-0.39, 0.29) is 44.0 Å². The van der Waals surface area contributed by atoms with Crippen LogP contribution in [-0.4, -0.2) is 79.0 Å². The minimum absolute atomic E-state index is 0.0298. The van der Waals surface area contributed by atoms with Crippen LogP contribution in [0.3, 0.4) is 0 Å². The third kappa shape index (κ3) is 6.37. The second kappa shape index (κ2) is 11.5. The number of carbonyl (C=O) groups is 1. The van der Waals surface area contributed by atoms with E-state index in [1.165, 1.54) is 24.8 Å². The average molecular weight is 489 g/mol. The van der Waals surface area contributed by atoms with Crippen LogP contribution in [0, 0.1) is 11.6 Å². The zero-order valence-corrected chi connectivity index (χ0v) is 20.2. The van der Waals surface area contributed by atoms with Gasteiger partial charge < -0.3 is 19.5 Å². The maximum absolute atomic E-state index is 14.1. The van der Waals surface area contributed by atoms with E-state index < -0.39 is 17.2 Å². The highest BCUT2D eigenvalue weighted by Crippen LogP contribution is 2.35. The quantitative estimate of drug-likeness (QED) is 0.646. The number of carbonyl (C=O) groups excluding carboxylic acids is 1. The highest BCUT2D eigenvalue weighted by atomic mass is 19.2. The molecule has 1 saturated carbocycles. The number of β-amino-alcohol motifs (C(OH)–C–C–N with tert-alkyl or cyclic N) is 1. The molecule has 0 unspecified atom stereocenters. The molecule has 2 fully saturated rings. The lowest BCUT2D eigenvalue weighted by atomic mass is 9.81. The van der Waals surface area contributed by atoms with Gasteiger partial charge in [0, 0.05) is 32.8 Å². The summed E-state index contributed by atoms with van der Waals surface area (Å²) in [4.78, 5) is 16.4. The number of hydrogen-bond acceptors (Lipinski definition) is 5. The fraction of sp³-hybridized carbons (Fsp3) is 0.519. The van der Waals surface area contributed by atoms with E-state index in [1.807, 2.05) is 6.07 Å². The Bertz CT molecular complexity index is 984. The number of methoxy groups -OCH3 is 1. The van der Waals surface area contributed by atoms with Crippen LogP contribution in [0.15, 0.2) is 48.5 Å². The second-order valence-corrected chi connectivity index (χ2v) is 9.70. The molecule has 1 N–H and O–H groups in total. The molecular formula is C27H34F2N2O4. The number of benzene rings is 2. The minimum Gasteiger partial charge on any atom is -0.487 e. The van der Waals surface area contributed by atoms with Crippen molar-refractivity contribution in [3.05, 3.63) is 65.7 Å². The molecule has 1 heterocycles. The van der Waals surface area contributed by atoms with Gasteiger partial charge >= 0.3 is 0 Å². The Hall–Kier alpha value is -2.55. The van der Waals surface area contributed by atoms with Crippen molar-refractivity contribution in [2.45, 2.75) is 43.2 Å². The molecule has 190 valence electrons. The van der Waals surface area contributed by atoms with Crippen LogP contribution in [0.1, 0.15) is 37.2 Å². The first-order chi connectivity index (χ1) is 16.9. The van der Waals surface area contributed by atoms with Crippen molar-refractivity contribution in [1.29, 1.82) is 0 Å². The van der Waals surface area contributed by atoms with Gasteiger partial charge in [-0.3, -0.25) is 9.69 Å². The smallest absolute Gasteiger partial charge is 0.248 e. The summed E-state index contributed by atoms with van der Waals surface area (Å²) in [6.45, 7) is 1.03. The zero-order valence-electron chi connectivity index (χ0n) is 20.2. The van der Waals surface area contributed by atoms with Crippen LogP contribution in [0.2, 0.25) is 0 Å². The minimum atomic E-state index is -1.45. The Morgan fingerprint density at radius 2 is 1.77 bits per heavy atom. The number of aliphatic hydroxyl groups is 1. The molecule has 2 aliphatic rings. The van der Waals surface area contributed by atoms with Gasteiger partial charge in [0.1, 0.15) is 18.8 Å². The summed E-state index contributed by atoms with van der Waals surface area (Å²) < 4.78 is 38.3. The van der Waals surface area contributed by atoms with Gasteiger partial charge in [0.2, 0.25) is 11.7 Å². The van der Waals surface area contributed by atoms with Crippen LogP contribution in [-0.2, 0) is 9.53 Å². The summed E-state index contributed by atoms with van der Waals surface area (Å²) in [7, 11) is 1.45. The normalized spacial score (nSPS) is 25.8. The standard InChI is InChI=1S/C27H34F2N2O4/c1-34-16-25(32)31-15-14-30(22-12-10-21(11-13-22)20-6-3-2-4-7-20)17-27(33,18-31)19-35-24-9-5-8-23(28)26(24)29/h2-9,21-22,33H,10-19H2,1H3/t21?,22?,27-/m0/s1. The molecule has 8 heteroatoms. The Balaban J connectivity index is 1.46. The van der Waals surface area contributed by atoms with Gasteiger partial charge in [-0.1, -0.05) is 36.4 Å². The SMILES string of the molecule is COCC(=O)N1CCN(C2CCC(c3ccccc3)CC2)C[C@@](O)(COc2cccc(F)c2F)C1. The lowest BCUT2D eigenvalue weighted by Gasteiger charge is -2.39. The topological polar surface area (TPSA) is 62.2 Å². The third-order valence-electron chi connectivity index (χ3n) is 7.16. The number of hydrogen-bond donors (Lipinski definition) is 1. The summed E-state index contributed by atoms with van der Waals surface area (Å²) in [6.07, 6.45) is 4.09. The van der Waals surface area contributed by atoms with E-state index in [9.17, 15) is 18.7 Å². The first kappa shape index (κ1) is 25.5. The molecule has 0 spiro atoms. The van der Waals surface area contributed by atoms with Crippen LogP contribution in [0.5, 0.6) is 5.75 Å². The number of rotatable bonds is 7. The van der Waals surface area contributed by atoms with Gasteiger partial charge in [0.05, 0.1) is 6.54 Å². The predicted octanol–water partition coefficient (Wildman–Crippen LogP) is 3.59. The Morgan fingerprint density at radius 1 is 1.03 bits per heavy atom. The molecule has 0 radical (unpaired) electrons. The fourth-order valence-electron chi connectivity index (χ4n) is 5.33. The summed E-state index contributed by atoms with van der Waals surface area (Å²) in [5.41, 5.74) is -0.0882. The molecule has 0 bridgehead atoms. The highest BCUT2D eigenvalue weighted by Gasteiger charge is 2.40. The molecule has 6 nitrogen and oxygen atoms in total. The van der Waals surface area contributed by atoms with Crippen LogP contribution < -0.4 is 4.74 Å². The molecule has 1 aliphatic heterocycles. The molecule has 1 amide bonds. The van der Waals surface area contributed by atoms with E-state index in [2.05, 4.69) is 29.2 Å². The monoisotopic (exact) mass is 488 g/mol. The number of amides is 1. The molecular weight excluding hydrogens is 454 g/mol. The van der Waals surface area contributed by atoms with E-state index in [1.54, 1.807) is 4.90 Å². The molecule has 2 aromatic carbocycles. The summed E-state index contributed by atoms with van der Waals surface area (Å²) in [5.74, 6) is -2.06. The molecule has 4 rings (SSSR count). The van der Waals surface area contributed by atoms with Crippen molar-refractivity contribution in [1.82, 2.24) is 9.80 Å². The predicted molar refractivity (Wildman–Crippen MR) is 128 cm³/mol. The lowest BCUT2D eigenvalue weighted by Crippen LogP contribution is -2.54. The average Bonchev–Trinajstić information content (AvgIpc) is 3.05. The van der Waals surface area contributed by atoms with Gasteiger partial charge in [-0.25, -0.2) is 4.39 Å². The zero-order chi connectivity index (χ0) is 24.8. The van der Waals surface area contributed by atoms with Gasteiger partial charge in [0.25, 0.3) is 0 Å². The van der Waals surface area contributed by atoms with Crippen molar-refractivity contribution in [3.8, 4) is 5.75 Å². The van der Waals surface area contributed by atoms with E-state index in [4.69, 9.17) is 9.47 Å². The molecule has 35 heavy (non-hydrogen) atoms. The molecule has 1 aliphatic carbocycles. The van der Waals surface area contributed by atoms with Gasteiger partial charge in [0.15, 0.2) is 11.6 Å². The second-order valence-electron chi connectivity index (χ2n) is 9.70.